The molecule has 2 aliphatic rings. The van der Waals surface area contributed by atoms with Crippen LogP contribution in [0.4, 0.5) is 0 Å². The van der Waals surface area contributed by atoms with Gasteiger partial charge in [-0.25, -0.2) is 0 Å². The smallest absolute Gasteiger partial charge is 0.279 e. The molecule has 2 N–H and O–H groups in total. The van der Waals surface area contributed by atoms with Crippen molar-refractivity contribution < 1.29 is 13.2 Å². The van der Waals surface area contributed by atoms with E-state index in [1.165, 1.54) is 0 Å². The van der Waals surface area contributed by atoms with Gasteiger partial charge in [0.2, 0.25) is 0 Å². The first-order valence-corrected chi connectivity index (χ1v) is 8.69. The van der Waals surface area contributed by atoms with Crippen LogP contribution in [-0.2, 0) is 14.9 Å². The fraction of sp³-hybridized carbons (Fsp3) is 1.00. The van der Waals surface area contributed by atoms with Crippen molar-refractivity contribution >= 4 is 10.2 Å². The molecule has 112 valence electrons. The molecule has 2 fully saturated rings. The summed E-state index contributed by atoms with van der Waals surface area (Å²) in [7, 11) is -3.30. The third kappa shape index (κ3) is 5.00. The predicted molar refractivity (Wildman–Crippen MR) is 74.2 cm³/mol. The molecule has 0 aliphatic carbocycles. The van der Waals surface area contributed by atoms with Gasteiger partial charge >= 0.3 is 0 Å². The molecule has 0 bridgehead atoms. The molecule has 6 nitrogen and oxygen atoms in total. The molecule has 7 heteroatoms. The Labute approximate surface area is 116 Å². The van der Waals surface area contributed by atoms with E-state index in [4.69, 9.17) is 4.74 Å². The van der Waals surface area contributed by atoms with Crippen LogP contribution in [0, 0.1) is 0 Å². The minimum absolute atomic E-state index is 0.278. The lowest BCUT2D eigenvalue weighted by molar-refractivity contribution is 0.0365. The standard InChI is InChI=1S/C12H25N3O3S/c16-19(17,15-9-2-1-3-10-15)14-8-11-18-12-4-6-13-7-5-12/h12-14H,1-11H2. The van der Waals surface area contributed by atoms with Crippen LogP contribution in [0.25, 0.3) is 0 Å². The SMILES string of the molecule is O=S(=O)(NCCOC1CCNCC1)N1CCCCC1. The second kappa shape index (κ2) is 7.54. The molecule has 0 saturated carbocycles. The highest BCUT2D eigenvalue weighted by atomic mass is 32.2. The van der Waals surface area contributed by atoms with E-state index >= 15 is 0 Å². The predicted octanol–water partition coefficient (Wildman–Crippen LogP) is 0.0753. The quantitative estimate of drug-likeness (QED) is 0.680. The van der Waals surface area contributed by atoms with Crippen molar-refractivity contribution in [1.29, 1.82) is 0 Å². The Morgan fingerprint density at radius 2 is 1.84 bits per heavy atom. The lowest BCUT2D eigenvalue weighted by atomic mass is 10.1. The molecule has 2 saturated heterocycles. The molecule has 0 radical (unpaired) electrons. The van der Waals surface area contributed by atoms with Gasteiger partial charge < -0.3 is 10.1 Å². The first-order chi connectivity index (χ1) is 9.18. The van der Waals surface area contributed by atoms with Gasteiger partial charge in [-0.15, -0.1) is 0 Å². The van der Waals surface area contributed by atoms with Crippen LogP contribution in [-0.4, -0.2) is 58.2 Å². The van der Waals surface area contributed by atoms with Crippen molar-refractivity contribution in [3.63, 3.8) is 0 Å². The highest BCUT2D eigenvalue weighted by Crippen LogP contribution is 2.11. The van der Waals surface area contributed by atoms with Gasteiger partial charge in [-0.05, 0) is 38.8 Å². The Balaban J connectivity index is 1.63. The van der Waals surface area contributed by atoms with Gasteiger partial charge in [0.15, 0.2) is 0 Å². The third-order valence-corrected chi connectivity index (χ3v) is 5.30. The summed E-state index contributed by atoms with van der Waals surface area (Å²) in [6.07, 6.45) is 5.36. The number of piperidine rings is 2. The van der Waals surface area contributed by atoms with Gasteiger partial charge in [0.25, 0.3) is 10.2 Å². The number of nitrogens with one attached hydrogen (secondary N) is 2. The zero-order valence-electron chi connectivity index (χ0n) is 11.4. The van der Waals surface area contributed by atoms with E-state index in [1.807, 2.05) is 0 Å². The van der Waals surface area contributed by atoms with Crippen LogP contribution in [0.2, 0.25) is 0 Å². The summed E-state index contributed by atoms with van der Waals surface area (Å²) in [4.78, 5) is 0. The fourth-order valence-electron chi connectivity index (χ4n) is 2.55. The highest BCUT2D eigenvalue weighted by Gasteiger charge is 2.23. The Morgan fingerprint density at radius 1 is 1.16 bits per heavy atom. The van der Waals surface area contributed by atoms with E-state index in [-0.39, 0.29) is 6.10 Å². The summed E-state index contributed by atoms with van der Waals surface area (Å²) < 4.78 is 33.8. The first-order valence-electron chi connectivity index (χ1n) is 7.25. The van der Waals surface area contributed by atoms with Crippen LogP contribution in [0.15, 0.2) is 0 Å². The van der Waals surface area contributed by atoms with Crippen LogP contribution < -0.4 is 10.0 Å². The normalized spacial score (nSPS) is 23.6. The molecule has 0 unspecified atom stereocenters. The number of ether oxygens (including phenoxy) is 1. The van der Waals surface area contributed by atoms with Crippen LogP contribution >= 0.6 is 0 Å². The molecule has 2 rings (SSSR count). The molecular formula is C12H25N3O3S. The Kier molecular flexibility index (Phi) is 6.03. The first kappa shape index (κ1) is 15.2. The number of hydrogen-bond donors (Lipinski definition) is 2. The third-order valence-electron chi connectivity index (χ3n) is 3.68. The highest BCUT2D eigenvalue weighted by molar-refractivity contribution is 7.87. The number of rotatable bonds is 6. The van der Waals surface area contributed by atoms with Crippen molar-refractivity contribution in [3.8, 4) is 0 Å². The van der Waals surface area contributed by atoms with Crippen molar-refractivity contribution in [2.75, 3.05) is 39.3 Å². The largest absolute Gasteiger partial charge is 0.377 e. The number of nitrogens with zero attached hydrogens (tertiary/aromatic N) is 1. The minimum atomic E-state index is -3.30. The molecule has 0 aromatic carbocycles. The lowest BCUT2D eigenvalue weighted by Crippen LogP contribution is -2.44. The molecule has 19 heavy (non-hydrogen) atoms. The van der Waals surface area contributed by atoms with Gasteiger partial charge in [-0.1, -0.05) is 6.42 Å². The maximum absolute atomic E-state index is 12.0. The Hall–Kier alpha value is -0.210. The van der Waals surface area contributed by atoms with Crippen molar-refractivity contribution in [1.82, 2.24) is 14.3 Å². The summed E-state index contributed by atoms with van der Waals surface area (Å²) >= 11 is 0. The summed E-state index contributed by atoms with van der Waals surface area (Å²) in [5, 5.41) is 3.27. The molecule has 0 amide bonds. The Morgan fingerprint density at radius 3 is 2.53 bits per heavy atom. The van der Waals surface area contributed by atoms with Gasteiger partial charge in [0.05, 0.1) is 12.7 Å². The van der Waals surface area contributed by atoms with Crippen LogP contribution in [0.3, 0.4) is 0 Å². The van der Waals surface area contributed by atoms with E-state index < -0.39 is 10.2 Å². The van der Waals surface area contributed by atoms with E-state index in [0.29, 0.717) is 26.2 Å². The molecule has 2 aliphatic heterocycles. The summed E-state index contributed by atoms with van der Waals surface area (Å²) in [6, 6.07) is 0. The van der Waals surface area contributed by atoms with Gasteiger partial charge in [-0.2, -0.15) is 17.4 Å². The van der Waals surface area contributed by atoms with E-state index in [2.05, 4.69) is 10.0 Å². The molecule has 0 atom stereocenters. The van der Waals surface area contributed by atoms with Gasteiger partial charge in [-0.3, -0.25) is 0 Å². The number of hydrogen-bond acceptors (Lipinski definition) is 4. The summed E-state index contributed by atoms with van der Waals surface area (Å²) in [5.41, 5.74) is 0. The zero-order valence-corrected chi connectivity index (χ0v) is 12.3. The Bertz CT molecular complexity index is 349. The van der Waals surface area contributed by atoms with Crippen molar-refractivity contribution in [2.45, 2.75) is 38.2 Å². The average molecular weight is 291 g/mol. The van der Waals surface area contributed by atoms with Gasteiger partial charge in [0, 0.05) is 19.6 Å². The molecule has 0 aromatic heterocycles. The monoisotopic (exact) mass is 291 g/mol. The molecule has 0 spiro atoms. The van der Waals surface area contributed by atoms with Crippen molar-refractivity contribution in [2.24, 2.45) is 0 Å². The topological polar surface area (TPSA) is 70.7 Å². The maximum Gasteiger partial charge on any atom is 0.279 e. The fourth-order valence-corrected chi connectivity index (χ4v) is 3.82. The lowest BCUT2D eigenvalue weighted by Gasteiger charge is -2.26. The summed E-state index contributed by atoms with van der Waals surface area (Å²) in [5.74, 6) is 0. The van der Waals surface area contributed by atoms with E-state index in [9.17, 15) is 8.42 Å². The second-order valence-electron chi connectivity index (χ2n) is 5.18. The van der Waals surface area contributed by atoms with Crippen molar-refractivity contribution in [3.05, 3.63) is 0 Å². The minimum Gasteiger partial charge on any atom is -0.377 e. The molecule has 2 heterocycles. The summed E-state index contributed by atoms with van der Waals surface area (Å²) in [6.45, 7) is 4.09. The van der Waals surface area contributed by atoms with E-state index in [1.54, 1.807) is 4.31 Å². The van der Waals surface area contributed by atoms with Crippen LogP contribution in [0.1, 0.15) is 32.1 Å². The molecule has 0 aromatic rings. The maximum atomic E-state index is 12.0. The second-order valence-corrected chi connectivity index (χ2v) is 6.93. The van der Waals surface area contributed by atoms with E-state index in [0.717, 1.165) is 45.2 Å². The average Bonchev–Trinajstić information content (AvgIpc) is 2.46. The van der Waals surface area contributed by atoms with Crippen LogP contribution in [0.5, 0.6) is 0 Å². The molecular weight excluding hydrogens is 266 g/mol. The zero-order chi connectivity index (χ0) is 13.6. The van der Waals surface area contributed by atoms with Gasteiger partial charge in [0.1, 0.15) is 0 Å².